The molecular weight excluding hydrogens is 188 g/mol. The highest BCUT2D eigenvalue weighted by Crippen LogP contribution is 2.19. The largest absolute Gasteiger partial charge is 0.390 e. The van der Waals surface area contributed by atoms with Gasteiger partial charge in [0.05, 0.1) is 17.3 Å². The van der Waals surface area contributed by atoms with Crippen molar-refractivity contribution in [1.82, 2.24) is 9.97 Å². The molecule has 0 saturated heterocycles. The molecule has 0 fully saturated rings. The second-order valence-electron chi connectivity index (χ2n) is 2.62. The predicted octanol–water partition coefficient (Wildman–Crippen LogP) is 1.78. The summed E-state index contributed by atoms with van der Waals surface area (Å²) in [5.41, 5.74) is 1.17. The van der Waals surface area contributed by atoms with Gasteiger partial charge in [-0.25, -0.2) is 9.97 Å². The van der Waals surface area contributed by atoms with Crippen molar-refractivity contribution in [2.24, 2.45) is 0 Å². The van der Waals surface area contributed by atoms with Crippen molar-refractivity contribution in [3.63, 3.8) is 0 Å². The lowest BCUT2D eigenvalue weighted by Gasteiger charge is -1.99. The monoisotopic (exact) mass is 194 g/mol. The van der Waals surface area contributed by atoms with Crippen LogP contribution >= 0.6 is 11.6 Å². The normalized spacial score (nSPS) is 10.6. The summed E-state index contributed by atoms with van der Waals surface area (Å²) in [4.78, 5) is 8.15. The number of hydrogen-bond donors (Lipinski definition) is 1. The van der Waals surface area contributed by atoms with E-state index in [0.29, 0.717) is 16.4 Å². The first kappa shape index (κ1) is 8.41. The number of aliphatic hydroxyl groups is 1. The van der Waals surface area contributed by atoms with Crippen molar-refractivity contribution in [3.8, 4) is 0 Å². The molecule has 3 nitrogen and oxygen atoms in total. The van der Waals surface area contributed by atoms with E-state index in [9.17, 15) is 0 Å². The van der Waals surface area contributed by atoms with Crippen molar-refractivity contribution in [3.05, 3.63) is 35.1 Å². The molecule has 0 bridgehead atoms. The minimum absolute atomic E-state index is 0.0792. The minimum Gasteiger partial charge on any atom is -0.390 e. The predicted molar refractivity (Wildman–Crippen MR) is 50.5 cm³/mol. The van der Waals surface area contributed by atoms with Crippen molar-refractivity contribution in [2.45, 2.75) is 6.61 Å². The molecule has 66 valence electrons. The molecule has 0 aliphatic carbocycles. The molecule has 0 aliphatic rings. The fourth-order valence-corrected chi connectivity index (χ4v) is 1.33. The summed E-state index contributed by atoms with van der Waals surface area (Å²) >= 11 is 5.91. The van der Waals surface area contributed by atoms with E-state index >= 15 is 0 Å². The highest BCUT2D eigenvalue weighted by Gasteiger charge is 2.01. The van der Waals surface area contributed by atoms with E-state index in [-0.39, 0.29) is 6.61 Å². The Bertz CT molecular complexity index is 445. The van der Waals surface area contributed by atoms with Crippen LogP contribution in [0.15, 0.2) is 24.4 Å². The van der Waals surface area contributed by atoms with Crippen molar-refractivity contribution >= 4 is 22.6 Å². The Balaban J connectivity index is 2.72. The lowest BCUT2D eigenvalue weighted by molar-refractivity contribution is 0.277. The molecule has 0 saturated carbocycles. The minimum atomic E-state index is -0.0792. The average Bonchev–Trinajstić information content (AvgIpc) is 2.18. The van der Waals surface area contributed by atoms with Crippen molar-refractivity contribution in [2.75, 3.05) is 0 Å². The first-order chi connectivity index (χ1) is 6.31. The molecular formula is C9H7ClN2O. The smallest absolute Gasteiger partial charge is 0.160 e. The Labute approximate surface area is 80.0 Å². The van der Waals surface area contributed by atoms with Gasteiger partial charge in [0.25, 0.3) is 0 Å². The molecule has 0 atom stereocenters. The molecule has 0 radical (unpaired) electrons. The van der Waals surface area contributed by atoms with Crippen LogP contribution in [0.25, 0.3) is 11.0 Å². The Morgan fingerprint density at radius 3 is 2.92 bits per heavy atom. The van der Waals surface area contributed by atoms with Gasteiger partial charge in [0.2, 0.25) is 0 Å². The van der Waals surface area contributed by atoms with E-state index in [0.717, 1.165) is 5.39 Å². The molecule has 13 heavy (non-hydrogen) atoms. The van der Waals surface area contributed by atoms with Gasteiger partial charge in [-0.1, -0.05) is 11.6 Å². The van der Waals surface area contributed by atoms with Gasteiger partial charge in [-0.3, -0.25) is 0 Å². The number of hydrogen-bond acceptors (Lipinski definition) is 3. The number of aromatic nitrogens is 2. The van der Waals surface area contributed by atoms with E-state index in [1.807, 2.05) is 6.07 Å². The van der Waals surface area contributed by atoms with Crippen molar-refractivity contribution in [1.29, 1.82) is 0 Å². The van der Waals surface area contributed by atoms with Crippen LogP contribution in [0.2, 0.25) is 5.02 Å². The summed E-state index contributed by atoms with van der Waals surface area (Å²) in [5.74, 6) is 0. The van der Waals surface area contributed by atoms with Gasteiger partial charge in [-0.15, -0.1) is 0 Å². The van der Waals surface area contributed by atoms with Gasteiger partial charge < -0.3 is 5.11 Å². The lowest BCUT2D eigenvalue weighted by atomic mass is 10.2. The molecule has 4 heteroatoms. The molecule has 0 amide bonds. The fourth-order valence-electron chi connectivity index (χ4n) is 1.12. The highest BCUT2D eigenvalue weighted by atomic mass is 35.5. The van der Waals surface area contributed by atoms with E-state index < -0.39 is 0 Å². The zero-order chi connectivity index (χ0) is 9.26. The van der Waals surface area contributed by atoms with Crippen LogP contribution in [0.3, 0.4) is 0 Å². The summed E-state index contributed by atoms with van der Waals surface area (Å²) in [6.45, 7) is -0.0792. The topological polar surface area (TPSA) is 46.0 Å². The Kier molecular flexibility index (Phi) is 2.12. The van der Waals surface area contributed by atoms with E-state index in [1.165, 1.54) is 0 Å². The van der Waals surface area contributed by atoms with Crippen LogP contribution in [0, 0.1) is 0 Å². The second-order valence-corrected chi connectivity index (χ2v) is 3.03. The maximum atomic E-state index is 8.84. The number of rotatable bonds is 1. The summed E-state index contributed by atoms with van der Waals surface area (Å²) in [6.07, 6.45) is 1.60. The van der Waals surface area contributed by atoms with Crippen LogP contribution in [-0.4, -0.2) is 15.1 Å². The quantitative estimate of drug-likeness (QED) is 0.753. The summed E-state index contributed by atoms with van der Waals surface area (Å²) in [6, 6.07) is 5.25. The molecule has 0 aliphatic heterocycles. The van der Waals surface area contributed by atoms with Gasteiger partial charge in [-0.05, 0) is 18.2 Å². The average molecular weight is 195 g/mol. The standard InChI is InChI=1S/C9H7ClN2O/c10-8-3-4-11-9-7(8)2-1-6(5-13)12-9/h1-4,13H,5H2. The summed E-state index contributed by atoms with van der Waals surface area (Å²) in [5, 5.41) is 10.3. The molecule has 2 rings (SSSR count). The molecule has 0 unspecified atom stereocenters. The zero-order valence-electron chi connectivity index (χ0n) is 6.74. The number of fused-ring (bicyclic) bond motifs is 1. The fraction of sp³-hybridized carbons (Fsp3) is 0.111. The first-order valence-corrected chi connectivity index (χ1v) is 4.20. The van der Waals surface area contributed by atoms with Gasteiger partial charge in [0.1, 0.15) is 0 Å². The molecule has 0 spiro atoms. The number of halogens is 1. The van der Waals surface area contributed by atoms with Crippen LogP contribution in [0.1, 0.15) is 5.69 Å². The molecule has 2 aromatic heterocycles. The van der Waals surface area contributed by atoms with Crippen LogP contribution in [-0.2, 0) is 6.61 Å². The highest BCUT2D eigenvalue weighted by molar-refractivity contribution is 6.35. The van der Waals surface area contributed by atoms with Crippen molar-refractivity contribution < 1.29 is 5.11 Å². The third-order valence-corrected chi connectivity index (χ3v) is 2.10. The van der Waals surface area contributed by atoms with Crippen LogP contribution in [0.5, 0.6) is 0 Å². The van der Waals surface area contributed by atoms with Gasteiger partial charge >= 0.3 is 0 Å². The number of nitrogens with zero attached hydrogens (tertiary/aromatic N) is 2. The molecule has 2 heterocycles. The second kappa shape index (κ2) is 3.28. The van der Waals surface area contributed by atoms with Gasteiger partial charge in [-0.2, -0.15) is 0 Å². The van der Waals surface area contributed by atoms with Crippen LogP contribution in [0.4, 0.5) is 0 Å². The first-order valence-electron chi connectivity index (χ1n) is 3.82. The number of aliphatic hydroxyl groups excluding tert-OH is 1. The lowest BCUT2D eigenvalue weighted by Crippen LogP contribution is -1.91. The Morgan fingerprint density at radius 1 is 1.31 bits per heavy atom. The molecule has 2 aromatic rings. The SMILES string of the molecule is OCc1ccc2c(Cl)ccnc2n1. The van der Waals surface area contributed by atoms with E-state index in [4.69, 9.17) is 16.7 Å². The third kappa shape index (κ3) is 1.48. The molecule has 0 aromatic carbocycles. The maximum Gasteiger partial charge on any atom is 0.160 e. The third-order valence-electron chi connectivity index (χ3n) is 1.77. The zero-order valence-corrected chi connectivity index (χ0v) is 7.49. The van der Waals surface area contributed by atoms with Gasteiger partial charge in [0.15, 0.2) is 5.65 Å². The Morgan fingerprint density at radius 2 is 2.15 bits per heavy atom. The Hall–Kier alpha value is -1.19. The summed E-state index contributed by atoms with van der Waals surface area (Å²) < 4.78 is 0. The van der Waals surface area contributed by atoms with E-state index in [1.54, 1.807) is 18.3 Å². The maximum absolute atomic E-state index is 8.84. The number of pyridine rings is 2. The van der Waals surface area contributed by atoms with Crippen LogP contribution < -0.4 is 0 Å². The summed E-state index contributed by atoms with van der Waals surface area (Å²) in [7, 11) is 0. The molecule has 1 N–H and O–H groups in total. The van der Waals surface area contributed by atoms with E-state index in [2.05, 4.69) is 9.97 Å². The van der Waals surface area contributed by atoms with Gasteiger partial charge in [0, 0.05) is 11.6 Å².